The van der Waals surface area contributed by atoms with Crippen molar-refractivity contribution in [2.45, 2.75) is 31.6 Å². The van der Waals surface area contributed by atoms with E-state index >= 15 is 0 Å². The van der Waals surface area contributed by atoms with Crippen molar-refractivity contribution in [3.63, 3.8) is 0 Å². The number of amides is 2. The molecule has 0 aromatic heterocycles. The van der Waals surface area contributed by atoms with Gasteiger partial charge >= 0.3 is 6.03 Å². The SMILES string of the molecule is CCCN1CCC(CNC(=O)Nc2cc(F)cc(F)c2)(c2ccc(-c3cccc(N)c3)cc2)CC1. The Morgan fingerprint density at radius 3 is 2.29 bits per heavy atom. The van der Waals surface area contributed by atoms with Crippen LogP contribution < -0.4 is 16.4 Å². The zero-order valence-electron chi connectivity index (χ0n) is 20.0. The van der Waals surface area contributed by atoms with Gasteiger partial charge in [0, 0.05) is 29.4 Å². The van der Waals surface area contributed by atoms with E-state index in [4.69, 9.17) is 5.73 Å². The van der Waals surface area contributed by atoms with Crippen LogP contribution in [0.5, 0.6) is 0 Å². The number of piperidine rings is 1. The fourth-order valence-electron chi connectivity index (χ4n) is 4.87. The lowest BCUT2D eigenvalue weighted by Crippen LogP contribution is -2.49. The Balaban J connectivity index is 1.51. The van der Waals surface area contributed by atoms with Crippen molar-refractivity contribution < 1.29 is 13.6 Å². The first-order valence-corrected chi connectivity index (χ1v) is 12.1. The number of nitrogens with zero attached hydrogens (tertiary/aromatic N) is 1. The van der Waals surface area contributed by atoms with E-state index in [0.29, 0.717) is 6.54 Å². The highest BCUT2D eigenvalue weighted by atomic mass is 19.1. The number of benzene rings is 3. The summed E-state index contributed by atoms with van der Waals surface area (Å²) in [4.78, 5) is 15.1. The Hall–Kier alpha value is -3.45. The molecule has 3 aromatic rings. The van der Waals surface area contributed by atoms with Crippen LogP contribution in [-0.4, -0.2) is 37.1 Å². The second-order valence-corrected chi connectivity index (χ2v) is 9.29. The van der Waals surface area contributed by atoms with Crippen molar-refractivity contribution in [3.8, 4) is 11.1 Å². The van der Waals surface area contributed by atoms with E-state index in [1.165, 1.54) is 5.56 Å². The topological polar surface area (TPSA) is 70.4 Å². The van der Waals surface area contributed by atoms with Crippen molar-refractivity contribution in [3.05, 3.63) is 83.9 Å². The standard InChI is InChI=1S/C28H32F2N4O/c1-2-12-34-13-10-28(11-14-34,19-32-27(35)33-26-17-23(29)16-24(30)18-26)22-8-6-20(7-9-22)21-4-3-5-25(31)15-21/h3-9,15-18H,2,10-14,19,31H2,1H3,(H2,32,33,35). The first kappa shape index (κ1) is 24.7. The molecule has 0 bridgehead atoms. The summed E-state index contributed by atoms with van der Waals surface area (Å²) in [5.74, 6) is -1.47. The van der Waals surface area contributed by atoms with E-state index in [-0.39, 0.29) is 11.1 Å². The van der Waals surface area contributed by atoms with Gasteiger partial charge in [-0.3, -0.25) is 0 Å². The molecular weight excluding hydrogens is 446 g/mol. The Kier molecular flexibility index (Phi) is 7.66. The molecule has 4 N–H and O–H groups in total. The van der Waals surface area contributed by atoms with Gasteiger partial charge in [-0.05, 0) is 79.9 Å². The lowest BCUT2D eigenvalue weighted by atomic mass is 9.72. The van der Waals surface area contributed by atoms with Gasteiger partial charge in [0.25, 0.3) is 0 Å². The van der Waals surface area contributed by atoms with Crippen LogP contribution in [0.15, 0.2) is 66.7 Å². The third kappa shape index (κ3) is 6.17. The predicted molar refractivity (Wildman–Crippen MR) is 137 cm³/mol. The minimum Gasteiger partial charge on any atom is -0.399 e. The summed E-state index contributed by atoms with van der Waals surface area (Å²) in [6, 6.07) is 18.7. The predicted octanol–water partition coefficient (Wildman–Crippen LogP) is 5.78. The van der Waals surface area contributed by atoms with Gasteiger partial charge in [0.2, 0.25) is 0 Å². The smallest absolute Gasteiger partial charge is 0.319 e. The molecule has 184 valence electrons. The van der Waals surface area contributed by atoms with Gasteiger partial charge in [0.1, 0.15) is 11.6 Å². The second-order valence-electron chi connectivity index (χ2n) is 9.29. The summed E-state index contributed by atoms with van der Waals surface area (Å²) < 4.78 is 27.0. The van der Waals surface area contributed by atoms with E-state index < -0.39 is 17.7 Å². The molecular formula is C28H32F2N4O. The van der Waals surface area contributed by atoms with Gasteiger partial charge in [0.05, 0.1) is 0 Å². The van der Waals surface area contributed by atoms with Crippen molar-refractivity contribution in [2.24, 2.45) is 0 Å². The molecule has 0 atom stereocenters. The number of halogens is 2. The van der Waals surface area contributed by atoms with Crippen molar-refractivity contribution >= 4 is 17.4 Å². The number of rotatable bonds is 7. The number of nitrogens with two attached hydrogens (primary N) is 1. The van der Waals surface area contributed by atoms with Crippen molar-refractivity contribution in [1.82, 2.24) is 10.2 Å². The molecule has 3 aromatic carbocycles. The van der Waals surface area contributed by atoms with E-state index in [1.54, 1.807) is 0 Å². The normalized spacial score (nSPS) is 15.5. The minimum absolute atomic E-state index is 0.0818. The first-order valence-electron chi connectivity index (χ1n) is 12.1. The lowest BCUT2D eigenvalue weighted by molar-refractivity contribution is 0.157. The quantitative estimate of drug-likeness (QED) is 0.377. The maximum absolute atomic E-state index is 13.5. The average Bonchev–Trinajstić information content (AvgIpc) is 2.83. The number of hydrogen-bond donors (Lipinski definition) is 3. The number of carbonyl (C=O) groups is 1. The van der Waals surface area contributed by atoms with Crippen molar-refractivity contribution in [2.75, 3.05) is 37.2 Å². The van der Waals surface area contributed by atoms with Crippen LogP contribution in [0, 0.1) is 11.6 Å². The third-order valence-corrected chi connectivity index (χ3v) is 6.78. The highest BCUT2D eigenvalue weighted by Gasteiger charge is 2.36. The van der Waals surface area contributed by atoms with Gasteiger partial charge in [0.15, 0.2) is 0 Å². The number of likely N-dealkylation sites (tertiary alicyclic amines) is 1. The molecule has 0 aliphatic carbocycles. The minimum atomic E-state index is -0.736. The lowest BCUT2D eigenvalue weighted by Gasteiger charge is -2.42. The molecule has 7 heteroatoms. The maximum atomic E-state index is 13.5. The monoisotopic (exact) mass is 478 g/mol. The van der Waals surface area contributed by atoms with Crippen LogP contribution in [0.2, 0.25) is 0 Å². The molecule has 1 heterocycles. The second kappa shape index (κ2) is 10.9. The van der Waals surface area contributed by atoms with Gasteiger partial charge in [-0.2, -0.15) is 0 Å². The molecule has 2 amide bonds. The Morgan fingerprint density at radius 1 is 0.971 bits per heavy atom. The fraction of sp³-hybridized carbons (Fsp3) is 0.321. The molecule has 1 saturated heterocycles. The average molecular weight is 479 g/mol. The largest absolute Gasteiger partial charge is 0.399 e. The number of nitrogen functional groups attached to an aromatic ring is 1. The summed E-state index contributed by atoms with van der Waals surface area (Å²) in [5.41, 5.74) is 9.82. The molecule has 1 fully saturated rings. The molecule has 0 spiro atoms. The molecule has 35 heavy (non-hydrogen) atoms. The number of hydrogen-bond acceptors (Lipinski definition) is 3. The van der Waals surface area contributed by atoms with Crippen molar-refractivity contribution in [1.29, 1.82) is 0 Å². The van der Waals surface area contributed by atoms with Crippen LogP contribution in [0.25, 0.3) is 11.1 Å². The van der Waals surface area contributed by atoms with E-state index in [9.17, 15) is 13.6 Å². The van der Waals surface area contributed by atoms with Gasteiger partial charge in [-0.1, -0.05) is 43.3 Å². The number of anilines is 2. The number of carbonyl (C=O) groups excluding carboxylic acids is 1. The summed E-state index contributed by atoms with van der Waals surface area (Å²) in [6.45, 7) is 5.56. The maximum Gasteiger partial charge on any atom is 0.319 e. The molecule has 5 nitrogen and oxygen atoms in total. The van der Waals surface area contributed by atoms with E-state index in [1.807, 2.05) is 24.3 Å². The molecule has 0 radical (unpaired) electrons. The Bertz CT molecular complexity index is 1140. The van der Waals surface area contributed by atoms with Crippen LogP contribution in [-0.2, 0) is 5.41 Å². The molecule has 0 saturated carbocycles. The Morgan fingerprint density at radius 2 is 1.66 bits per heavy atom. The van der Waals surface area contributed by atoms with Crippen LogP contribution in [0.4, 0.5) is 25.0 Å². The van der Waals surface area contributed by atoms with Gasteiger partial charge < -0.3 is 21.3 Å². The number of nitrogens with one attached hydrogen (secondary N) is 2. The highest BCUT2D eigenvalue weighted by molar-refractivity contribution is 5.89. The summed E-state index contributed by atoms with van der Waals surface area (Å²) >= 11 is 0. The highest BCUT2D eigenvalue weighted by Crippen LogP contribution is 2.36. The van der Waals surface area contributed by atoms with Gasteiger partial charge in [-0.25, -0.2) is 13.6 Å². The summed E-state index contributed by atoms with van der Waals surface area (Å²) in [7, 11) is 0. The van der Waals surface area contributed by atoms with E-state index in [2.05, 4.69) is 46.7 Å². The fourth-order valence-corrected chi connectivity index (χ4v) is 4.87. The van der Waals surface area contributed by atoms with Gasteiger partial charge in [-0.15, -0.1) is 0 Å². The summed E-state index contributed by atoms with van der Waals surface area (Å²) in [5, 5.41) is 5.49. The van der Waals surface area contributed by atoms with E-state index in [0.717, 1.165) is 73.9 Å². The first-order chi connectivity index (χ1) is 16.9. The van der Waals surface area contributed by atoms with Crippen LogP contribution in [0.3, 0.4) is 0 Å². The molecule has 1 aliphatic heterocycles. The molecule has 0 unspecified atom stereocenters. The van der Waals surface area contributed by atoms with Crippen LogP contribution in [0.1, 0.15) is 31.7 Å². The molecule has 4 rings (SSSR count). The number of urea groups is 1. The zero-order chi connectivity index (χ0) is 24.8. The third-order valence-electron chi connectivity index (χ3n) is 6.78. The molecule has 1 aliphatic rings. The van der Waals surface area contributed by atoms with Crippen LogP contribution >= 0.6 is 0 Å². The zero-order valence-corrected chi connectivity index (χ0v) is 20.0. The summed E-state index contributed by atoms with van der Waals surface area (Å²) in [6.07, 6.45) is 2.91. The Labute approximate surface area is 205 Å².